The van der Waals surface area contributed by atoms with E-state index < -0.39 is 5.97 Å². The van der Waals surface area contributed by atoms with Crippen LogP contribution in [-0.4, -0.2) is 21.9 Å². The summed E-state index contributed by atoms with van der Waals surface area (Å²) in [5.74, 6) is -0.627. The zero-order valence-corrected chi connectivity index (χ0v) is 24.1. The maximum atomic E-state index is 14.5. The molecule has 0 radical (unpaired) electrons. The van der Waals surface area contributed by atoms with Crippen molar-refractivity contribution in [2.24, 2.45) is 5.92 Å². The van der Waals surface area contributed by atoms with Gasteiger partial charge in [-0.25, -0.2) is 4.79 Å². The maximum Gasteiger partial charge on any atom is 0.336 e. The maximum absolute atomic E-state index is 14.5. The van der Waals surface area contributed by atoms with Gasteiger partial charge in [-0.2, -0.15) is 0 Å². The molecule has 0 saturated heterocycles. The predicted molar refractivity (Wildman–Crippen MR) is 171 cm³/mol. The van der Waals surface area contributed by atoms with Gasteiger partial charge >= 0.3 is 5.97 Å². The van der Waals surface area contributed by atoms with Crippen molar-refractivity contribution in [2.75, 3.05) is 0 Å². The summed E-state index contributed by atoms with van der Waals surface area (Å²) in [4.78, 5) is 28.5. The Labute approximate surface area is 253 Å². The van der Waals surface area contributed by atoms with E-state index in [1.165, 1.54) is 16.7 Å². The van der Waals surface area contributed by atoms with Crippen molar-refractivity contribution < 1.29 is 14.7 Å². The van der Waals surface area contributed by atoms with Crippen LogP contribution in [0.15, 0.2) is 133 Å². The quantitative estimate of drug-likeness (QED) is 0.196. The van der Waals surface area contributed by atoms with Crippen LogP contribution < -0.4 is 0 Å². The molecule has 0 fully saturated rings. The van der Waals surface area contributed by atoms with Crippen LogP contribution in [-0.2, 0) is 30.6 Å². The number of nitrogens with zero attached hydrogens (tertiary/aromatic N) is 1. The topological polar surface area (TPSA) is 57.6 Å². The van der Waals surface area contributed by atoms with Crippen molar-refractivity contribution in [2.45, 2.75) is 38.3 Å². The van der Waals surface area contributed by atoms with Crippen molar-refractivity contribution in [1.82, 2.24) is 4.90 Å². The smallest absolute Gasteiger partial charge is 0.336 e. The van der Waals surface area contributed by atoms with Gasteiger partial charge in [-0.05, 0) is 70.2 Å². The third-order valence-electron chi connectivity index (χ3n) is 8.55. The highest BCUT2D eigenvalue weighted by Gasteiger charge is 2.36. The first-order valence-corrected chi connectivity index (χ1v) is 14.9. The van der Waals surface area contributed by atoms with E-state index in [-0.39, 0.29) is 29.9 Å². The van der Waals surface area contributed by atoms with Crippen LogP contribution in [0.4, 0.5) is 0 Å². The molecule has 0 heterocycles. The number of carboxylic acid groups (broad SMARTS) is 1. The van der Waals surface area contributed by atoms with Gasteiger partial charge in [-0.1, -0.05) is 127 Å². The second kappa shape index (κ2) is 12.9. The molecule has 2 atom stereocenters. The van der Waals surface area contributed by atoms with Crippen LogP contribution in [0.3, 0.4) is 0 Å². The predicted octanol–water partition coefficient (Wildman–Crippen LogP) is 8.17. The van der Waals surface area contributed by atoms with Gasteiger partial charge in [0, 0.05) is 6.54 Å². The summed E-state index contributed by atoms with van der Waals surface area (Å²) in [5.41, 5.74) is 7.49. The largest absolute Gasteiger partial charge is 0.478 e. The van der Waals surface area contributed by atoms with Gasteiger partial charge in [0.2, 0.25) is 5.91 Å². The number of aromatic carboxylic acids is 1. The summed E-state index contributed by atoms with van der Waals surface area (Å²) in [6.45, 7) is 0.519. The molecule has 4 heteroatoms. The zero-order chi connectivity index (χ0) is 29.6. The SMILES string of the molecule is O=C(O)c1ccccc1-c1cccc(CC(=O)N(Cc2ccccc2)C2c3ccccc3CCC2Cc2ccccc2)c1. The molecule has 0 aromatic heterocycles. The lowest BCUT2D eigenvalue weighted by Gasteiger charge is -2.42. The second-order valence-corrected chi connectivity index (χ2v) is 11.4. The molecule has 0 spiro atoms. The summed E-state index contributed by atoms with van der Waals surface area (Å²) in [5, 5.41) is 9.75. The van der Waals surface area contributed by atoms with E-state index in [1.807, 2.05) is 60.7 Å². The van der Waals surface area contributed by atoms with Crippen molar-refractivity contribution in [3.63, 3.8) is 0 Å². The molecule has 214 valence electrons. The molecular formula is C39H35NO3. The Morgan fingerprint density at radius 1 is 0.698 bits per heavy atom. The van der Waals surface area contributed by atoms with E-state index in [4.69, 9.17) is 0 Å². The molecule has 5 aromatic rings. The fourth-order valence-electron chi connectivity index (χ4n) is 6.52. The highest BCUT2D eigenvalue weighted by atomic mass is 16.4. The fourth-order valence-corrected chi connectivity index (χ4v) is 6.52. The summed E-state index contributed by atoms with van der Waals surface area (Å²) in [7, 11) is 0. The Morgan fingerprint density at radius 2 is 1.35 bits per heavy atom. The van der Waals surface area contributed by atoms with Crippen LogP contribution in [0, 0.1) is 5.92 Å². The first-order valence-electron chi connectivity index (χ1n) is 14.9. The van der Waals surface area contributed by atoms with E-state index in [0.29, 0.717) is 12.1 Å². The number of rotatable bonds is 9. The van der Waals surface area contributed by atoms with Gasteiger partial charge in [-0.3, -0.25) is 4.79 Å². The van der Waals surface area contributed by atoms with E-state index in [2.05, 4.69) is 65.6 Å². The van der Waals surface area contributed by atoms with E-state index in [9.17, 15) is 14.7 Å². The number of fused-ring (bicyclic) bond motifs is 1. The lowest BCUT2D eigenvalue weighted by molar-refractivity contribution is -0.135. The van der Waals surface area contributed by atoms with Gasteiger partial charge in [0.1, 0.15) is 0 Å². The zero-order valence-electron chi connectivity index (χ0n) is 24.1. The molecule has 1 N–H and O–H groups in total. The average Bonchev–Trinajstić information content (AvgIpc) is 3.05. The molecule has 6 rings (SSSR count). The highest BCUT2D eigenvalue weighted by Crippen LogP contribution is 2.41. The van der Waals surface area contributed by atoms with Gasteiger partial charge in [0.15, 0.2) is 0 Å². The van der Waals surface area contributed by atoms with Crippen LogP contribution >= 0.6 is 0 Å². The number of carbonyl (C=O) groups excluding carboxylic acids is 1. The molecule has 0 saturated carbocycles. The van der Waals surface area contributed by atoms with Crippen LogP contribution in [0.25, 0.3) is 11.1 Å². The number of amides is 1. The second-order valence-electron chi connectivity index (χ2n) is 11.4. The minimum Gasteiger partial charge on any atom is -0.478 e. The molecule has 2 unspecified atom stereocenters. The number of benzene rings is 5. The Morgan fingerprint density at radius 3 is 2.12 bits per heavy atom. The first-order chi connectivity index (χ1) is 21.1. The molecule has 5 aromatic carbocycles. The van der Waals surface area contributed by atoms with Gasteiger partial charge in [0.05, 0.1) is 18.0 Å². The van der Waals surface area contributed by atoms with E-state index in [0.717, 1.165) is 36.0 Å². The van der Waals surface area contributed by atoms with E-state index >= 15 is 0 Å². The monoisotopic (exact) mass is 565 g/mol. The third-order valence-corrected chi connectivity index (χ3v) is 8.55. The van der Waals surface area contributed by atoms with Crippen LogP contribution in [0.1, 0.15) is 50.6 Å². The summed E-state index contributed by atoms with van der Waals surface area (Å²) in [6, 6.07) is 44.1. The lowest BCUT2D eigenvalue weighted by Crippen LogP contribution is -2.41. The average molecular weight is 566 g/mol. The summed E-state index contributed by atoms with van der Waals surface area (Å²) < 4.78 is 0. The van der Waals surface area contributed by atoms with Crippen molar-refractivity contribution in [3.05, 3.63) is 167 Å². The third kappa shape index (κ3) is 6.44. The molecule has 0 aliphatic heterocycles. The molecule has 43 heavy (non-hydrogen) atoms. The van der Waals surface area contributed by atoms with Gasteiger partial charge in [0.25, 0.3) is 0 Å². The van der Waals surface area contributed by atoms with Crippen molar-refractivity contribution >= 4 is 11.9 Å². The molecule has 0 bridgehead atoms. The number of hydrogen-bond donors (Lipinski definition) is 1. The molecule has 1 amide bonds. The molecule has 1 aliphatic rings. The first kappa shape index (κ1) is 28.2. The minimum absolute atomic E-state index is 0.0613. The standard InChI is InChI=1S/C39H35NO3/c41-37(26-30-16-11-18-32(25-30)34-19-9-10-21-36(34)39(42)43)40(27-29-14-5-2-6-15-29)38-33(24-28-12-3-1-4-13-28)23-22-31-17-7-8-20-35(31)38/h1-21,25,33,38H,22-24,26-27H2,(H,42,43). The summed E-state index contributed by atoms with van der Waals surface area (Å²) in [6.07, 6.45) is 3.14. The van der Waals surface area contributed by atoms with Gasteiger partial charge < -0.3 is 10.0 Å². The van der Waals surface area contributed by atoms with Crippen molar-refractivity contribution in [3.8, 4) is 11.1 Å². The molecular weight excluding hydrogens is 530 g/mol. The lowest BCUT2D eigenvalue weighted by atomic mass is 9.76. The number of carbonyl (C=O) groups is 2. The van der Waals surface area contributed by atoms with E-state index in [1.54, 1.807) is 12.1 Å². The molecule has 1 aliphatic carbocycles. The molecule has 4 nitrogen and oxygen atoms in total. The highest BCUT2D eigenvalue weighted by molar-refractivity contribution is 5.96. The Bertz CT molecular complexity index is 1710. The van der Waals surface area contributed by atoms with Crippen LogP contribution in [0.2, 0.25) is 0 Å². The normalized spacial score (nSPS) is 15.8. The Hall–Kier alpha value is -4.96. The Kier molecular flexibility index (Phi) is 8.46. The van der Waals surface area contributed by atoms with Crippen LogP contribution in [0.5, 0.6) is 0 Å². The summed E-state index contributed by atoms with van der Waals surface area (Å²) >= 11 is 0. The van der Waals surface area contributed by atoms with Gasteiger partial charge in [-0.15, -0.1) is 0 Å². The minimum atomic E-state index is -0.966. The number of hydrogen-bond acceptors (Lipinski definition) is 2. The fraction of sp³-hybridized carbons (Fsp3) is 0.179. The Balaban J connectivity index is 1.37. The number of carboxylic acids is 1. The number of aryl methyl sites for hydroxylation is 1. The van der Waals surface area contributed by atoms with Crippen molar-refractivity contribution in [1.29, 1.82) is 0 Å².